The second kappa shape index (κ2) is 8.15. The topological polar surface area (TPSA) is 34.1 Å². The Morgan fingerprint density at radius 3 is 1.80 bits per heavy atom. The number of halogens is 1. The third-order valence-electron chi connectivity index (χ3n) is 3.72. The predicted octanol–water partition coefficient (Wildman–Crippen LogP) is 5.44. The molecule has 25 heavy (non-hydrogen) atoms. The molecule has 0 saturated carbocycles. The summed E-state index contributed by atoms with van der Waals surface area (Å²) < 4.78 is 0. The van der Waals surface area contributed by atoms with Gasteiger partial charge < -0.3 is 0 Å². The number of thioether (sulfide) groups is 1. The lowest BCUT2D eigenvalue weighted by molar-refractivity contribution is -0.109. The number of hydrogen-bond donors (Lipinski definition) is 0. The summed E-state index contributed by atoms with van der Waals surface area (Å²) in [4.78, 5) is 24.3. The molecule has 124 valence electrons. The highest BCUT2D eigenvalue weighted by molar-refractivity contribution is 8.00. The first-order valence-corrected chi connectivity index (χ1v) is 9.11. The smallest absolute Gasteiger partial charge is 0.231 e. The van der Waals surface area contributed by atoms with Gasteiger partial charge in [0.15, 0.2) is 5.78 Å². The van der Waals surface area contributed by atoms with E-state index in [4.69, 9.17) is 11.6 Å². The molecule has 0 spiro atoms. The highest BCUT2D eigenvalue weighted by Crippen LogP contribution is 2.22. The molecule has 0 N–H and O–H groups in total. The minimum absolute atomic E-state index is 0.0235. The van der Waals surface area contributed by atoms with Gasteiger partial charge in [0.2, 0.25) is 5.24 Å². The van der Waals surface area contributed by atoms with E-state index in [9.17, 15) is 9.59 Å². The number of ketones is 1. The average molecular weight is 367 g/mol. The lowest BCUT2D eigenvalue weighted by Crippen LogP contribution is -2.01. The maximum atomic E-state index is 12.6. The van der Waals surface area contributed by atoms with E-state index in [2.05, 4.69) is 0 Å². The second-order valence-corrected chi connectivity index (χ2v) is 6.91. The minimum Gasteiger partial charge on any atom is -0.289 e. The van der Waals surface area contributed by atoms with Crippen LogP contribution in [0.5, 0.6) is 0 Å². The third-order valence-corrected chi connectivity index (χ3v) is 5.03. The molecular formula is C21H15ClO2S. The van der Waals surface area contributed by atoms with Gasteiger partial charge in [0.05, 0.1) is 5.75 Å². The number of carbonyl (C=O) groups is 2. The summed E-state index contributed by atoms with van der Waals surface area (Å²) in [5, 5.41) is -0.386. The van der Waals surface area contributed by atoms with E-state index < -0.39 is 0 Å². The maximum absolute atomic E-state index is 12.6. The summed E-state index contributed by atoms with van der Waals surface area (Å²) in [6, 6.07) is 24.9. The summed E-state index contributed by atoms with van der Waals surface area (Å²) in [6.07, 6.45) is 0. The molecule has 3 aromatic carbocycles. The highest BCUT2D eigenvalue weighted by Gasteiger charge is 2.09. The van der Waals surface area contributed by atoms with Gasteiger partial charge in [-0.05, 0) is 47.0 Å². The van der Waals surface area contributed by atoms with E-state index in [-0.39, 0.29) is 16.8 Å². The van der Waals surface area contributed by atoms with Crippen molar-refractivity contribution in [1.82, 2.24) is 0 Å². The van der Waals surface area contributed by atoms with Crippen molar-refractivity contribution in [2.75, 3.05) is 5.75 Å². The quantitative estimate of drug-likeness (QED) is 0.331. The van der Waals surface area contributed by atoms with Crippen molar-refractivity contribution in [1.29, 1.82) is 0 Å². The van der Waals surface area contributed by atoms with E-state index in [1.165, 1.54) is 11.8 Å². The van der Waals surface area contributed by atoms with Crippen LogP contribution in [-0.2, 0) is 4.79 Å². The molecule has 0 atom stereocenters. The van der Waals surface area contributed by atoms with Gasteiger partial charge >= 0.3 is 0 Å². The standard InChI is InChI=1S/C21H15ClO2S/c22-20(23)14-25-19-12-10-18(11-13-19)21(24)17-8-6-16(7-9-17)15-4-2-1-3-5-15/h1-13H,14H2. The van der Waals surface area contributed by atoms with Crippen LogP contribution in [0, 0.1) is 0 Å². The molecule has 4 heteroatoms. The zero-order chi connectivity index (χ0) is 17.6. The van der Waals surface area contributed by atoms with E-state index in [0.29, 0.717) is 11.1 Å². The molecule has 0 aliphatic carbocycles. The lowest BCUT2D eigenvalue weighted by Gasteiger charge is -2.05. The predicted molar refractivity (Wildman–Crippen MR) is 103 cm³/mol. The number of benzene rings is 3. The van der Waals surface area contributed by atoms with Gasteiger partial charge in [0, 0.05) is 16.0 Å². The number of rotatable bonds is 6. The highest BCUT2D eigenvalue weighted by atomic mass is 35.5. The van der Waals surface area contributed by atoms with E-state index >= 15 is 0 Å². The van der Waals surface area contributed by atoms with Crippen LogP contribution in [0.4, 0.5) is 0 Å². The van der Waals surface area contributed by atoms with Crippen molar-refractivity contribution in [2.45, 2.75) is 4.90 Å². The van der Waals surface area contributed by atoms with Crippen LogP contribution < -0.4 is 0 Å². The van der Waals surface area contributed by atoms with Crippen molar-refractivity contribution in [3.8, 4) is 11.1 Å². The van der Waals surface area contributed by atoms with Crippen LogP contribution >= 0.6 is 23.4 Å². The average Bonchev–Trinajstić information content (AvgIpc) is 2.67. The second-order valence-electron chi connectivity index (χ2n) is 5.44. The van der Waals surface area contributed by atoms with E-state index in [0.717, 1.165) is 16.0 Å². The maximum Gasteiger partial charge on any atom is 0.231 e. The molecule has 0 aliphatic heterocycles. The minimum atomic E-state index is -0.386. The molecule has 2 nitrogen and oxygen atoms in total. The Labute approximate surface area is 155 Å². The lowest BCUT2D eigenvalue weighted by atomic mass is 9.99. The monoisotopic (exact) mass is 366 g/mol. The van der Waals surface area contributed by atoms with Crippen molar-refractivity contribution in [3.05, 3.63) is 90.0 Å². The Hall–Kier alpha value is -2.36. The largest absolute Gasteiger partial charge is 0.289 e. The molecule has 0 saturated heterocycles. The Morgan fingerprint density at radius 1 is 0.720 bits per heavy atom. The molecule has 0 amide bonds. The molecule has 0 aliphatic rings. The first-order valence-electron chi connectivity index (χ1n) is 7.75. The third kappa shape index (κ3) is 4.59. The molecule has 3 aromatic rings. The summed E-state index contributed by atoms with van der Waals surface area (Å²) in [6.45, 7) is 0. The van der Waals surface area contributed by atoms with E-state index in [1.54, 1.807) is 12.1 Å². The summed E-state index contributed by atoms with van der Waals surface area (Å²) in [5.74, 6) is 0.195. The Kier molecular flexibility index (Phi) is 5.69. The first-order chi connectivity index (χ1) is 12.1. The molecule has 0 unspecified atom stereocenters. The normalized spacial score (nSPS) is 10.4. The fraction of sp³-hybridized carbons (Fsp3) is 0.0476. The zero-order valence-corrected chi connectivity index (χ0v) is 14.9. The van der Waals surface area contributed by atoms with Crippen molar-refractivity contribution < 1.29 is 9.59 Å². The Morgan fingerprint density at radius 2 is 1.24 bits per heavy atom. The van der Waals surface area contributed by atoms with Gasteiger partial charge in [-0.3, -0.25) is 9.59 Å². The van der Waals surface area contributed by atoms with Gasteiger partial charge in [-0.15, -0.1) is 11.8 Å². The molecular weight excluding hydrogens is 352 g/mol. The molecule has 0 bridgehead atoms. The van der Waals surface area contributed by atoms with Crippen LogP contribution in [-0.4, -0.2) is 16.8 Å². The number of carbonyl (C=O) groups excluding carboxylic acids is 2. The van der Waals surface area contributed by atoms with Gasteiger partial charge in [0.25, 0.3) is 0 Å². The first kappa shape index (κ1) is 17.5. The van der Waals surface area contributed by atoms with Crippen LogP contribution in [0.15, 0.2) is 83.8 Å². The molecule has 0 radical (unpaired) electrons. The zero-order valence-electron chi connectivity index (χ0n) is 13.3. The van der Waals surface area contributed by atoms with Gasteiger partial charge in [-0.2, -0.15) is 0 Å². The summed E-state index contributed by atoms with van der Waals surface area (Å²) in [7, 11) is 0. The molecule has 0 fully saturated rings. The summed E-state index contributed by atoms with van der Waals surface area (Å²) >= 11 is 6.68. The van der Waals surface area contributed by atoms with Crippen molar-refractivity contribution in [2.24, 2.45) is 0 Å². The molecule has 0 heterocycles. The Balaban J connectivity index is 1.73. The Bertz CT molecular complexity index is 872. The van der Waals surface area contributed by atoms with Crippen molar-refractivity contribution in [3.63, 3.8) is 0 Å². The van der Waals surface area contributed by atoms with Crippen LogP contribution in [0.3, 0.4) is 0 Å². The summed E-state index contributed by atoms with van der Waals surface area (Å²) in [5.41, 5.74) is 3.47. The molecule has 3 rings (SSSR count). The van der Waals surface area contributed by atoms with Gasteiger partial charge in [0.1, 0.15) is 0 Å². The fourth-order valence-corrected chi connectivity index (χ4v) is 3.23. The fourth-order valence-electron chi connectivity index (χ4n) is 2.45. The van der Waals surface area contributed by atoms with Crippen LogP contribution in [0.2, 0.25) is 0 Å². The van der Waals surface area contributed by atoms with Gasteiger partial charge in [-0.1, -0.05) is 54.6 Å². The molecule has 0 aromatic heterocycles. The van der Waals surface area contributed by atoms with Crippen molar-refractivity contribution >= 4 is 34.4 Å². The van der Waals surface area contributed by atoms with E-state index in [1.807, 2.05) is 66.7 Å². The SMILES string of the molecule is O=C(Cl)CSc1ccc(C(=O)c2ccc(-c3ccccc3)cc2)cc1. The van der Waals surface area contributed by atoms with Gasteiger partial charge in [-0.25, -0.2) is 0 Å². The number of hydrogen-bond acceptors (Lipinski definition) is 3. The van der Waals surface area contributed by atoms with Crippen LogP contribution in [0.25, 0.3) is 11.1 Å². The van der Waals surface area contributed by atoms with Crippen LogP contribution in [0.1, 0.15) is 15.9 Å².